The largest absolute Gasteiger partial charge is 0.370 e. The Hall–Kier alpha value is -1.35. The van der Waals surface area contributed by atoms with Crippen molar-refractivity contribution in [3.05, 3.63) is 35.2 Å². The highest BCUT2D eigenvalue weighted by atomic mass is 32.1. The third-order valence-electron chi connectivity index (χ3n) is 2.40. The van der Waals surface area contributed by atoms with Gasteiger partial charge in [0.25, 0.3) is 0 Å². The molecule has 2 aromatic rings. The Labute approximate surface area is 100 Å². The van der Waals surface area contributed by atoms with Crippen LogP contribution in [0.1, 0.15) is 18.9 Å². The minimum atomic E-state index is 0.965. The summed E-state index contributed by atoms with van der Waals surface area (Å²) in [6.07, 6.45) is 1.12. The molecule has 0 atom stereocenters. The van der Waals surface area contributed by atoms with Gasteiger partial charge in [-0.3, -0.25) is 0 Å². The van der Waals surface area contributed by atoms with Gasteiger partial charge in [-0.05, 0) is 42.5 Å². The number of anilines is 1. The Bertz CT molecular complexity index is 462. The molecule has 2 heterocycles. The van der Waals surface area contributed by atoms with Crippen molar-refractivity contribution in [2.75, 3.05) is 11.9 Å². The number of pyridine rings is 1. The second-order valence-electron chi connectivity index (χ2n) is 3.77. The van der Waals surface area contributed by atoms with Crippen LogP contribution in [0.25, 0.3) is 10.6 Å². The van der Waals surface area contributed by atoms with Crippen LogP contribution in [0.2, 0.25) is 0 Å². The maximum absolute atomic E-state index is 4.61. The third kappa shape index (κ3) is 2.42. The van der Waals surface area contributed by atoms with Crippen molar-refractivity contribution in [3.63, 3.8) is 0 Å². The maximum atomic E-state index is 4.61. The average Bonchev–Trinajstić information content (AvgIpc) is 2.73. The van der Waals surface area contributed by atoms with Crippen LogP contribution in [0.3, 0.4) is 0 Å². The minimum absolute atomic E-state index is 0.965. The van der Waals surface area contributed by atoms with Crippen molar-refractivity contribution in [2.24, 2.45) is 0 Å². The Morgan fingerprint density at radius 3 is 2.88 bits per heavy atom. The highest BCUT2D eigenvalue weighted by Gasteiger charge is 2.05. The van der Waals surface area contributed by atoms with Gasteiger partial charge in [-0.25, -0.2) is 4.98 Å². The van der Waals surface area contributed by atoms with E-state index in [4.69, 9.17) is 0 Å². The van der Waals surface area contributed by atoms with E-state index >= 15 is 0 Å². The Balaban J connectivity index is 2.26. The van der Waals surface area contributed by atoms with Gasteiger partial charge in [0, 0.05) is 6.54 Å². The number of hydrogen-bond donors (Lipinski definition) is 1. The molecule has 0 radical (unpaired) electrons. The maximum Gasteiger partial charge on any atom is 0.126 e. The van der Waals surface area contributed by atoms with Crippen molar-refractivity contribution >= 4 is 17.2 Å². The molecule has 0 aliphatic rings. The second kappa shape index (κ2) is 5.12. The predicted molar refractivity (Wildman–Crippen MR) is 71.1 cm³/mol. The molecule has 1 N–H and O–H groups in total. The predicted octanol–water partition coefficient (Wildman–Crippen LogP) is 3.94. The minimum Gasteiger partial charge on any atom is -0.370 e. The van der Waals surface area contributed by atoms with Crippen molar-refractivity contribution in [1.82, 2.24) is 4.98 Å². The van der Waals surface area contributed by atoms with Gasteiger partial charge >= 0.3 is 0 Å². The van der Waals surface area contributed by atoms with Crippen molar-refractivity contribution in [1.29, 1.82) is 0 Å². The van der Waals surface area contributed by atoms with Gasteiger partial charge in [-0.1, -0.05) is 13.0 Å². The van der Waals surface area contributed by atoms with Crippen molar-refractivity contribution < 1.29 is 0 Å². The lowest BCUT2D eigenvalue weighted by Crippen LogP contribution is -2.01. The van der Waals surface area contributed by atoms with E-state index in [1.54, 1.807) is 11.3 Å². The highest BCUT2D eigenvalue weighted by Crippen LogP contribution is 2.27. The van der Waals surface area contributed by atoms with Crippen LogP contribution in [0.4, 0.5) is 5.82 Å². The molecule has 2 rings (SSSR count). The molecule has 0 aliphatic carbocycles. The van der Waals surface area contributed by atoms with E-state index in [9.17, 15) is 0 Å². The van der Waals surface area contributed by atoms with Crippen LogP contribution in [0.5, 0.6) is 0 Å². The standard InChI is InChI=1S/C13H16N2S/c1-3-8-14-12-6-4-5-11(15-12)13-10(2)7-9-16-13/h4-7,9H,3,8H2,1-2H3,(H,14,15). The first kappa shape index (κ1) is 11.1. The second-order valence-corrected chi connectivity index (χ2v) is 4.68. The number of rotatable bonds is 4. The van der Waals surface area contributed by atoms with Gasteiger partial charge in [0.15, 0.2) is 0 Å². The van der Waals surface area contributed by atoms with E-state index in [0.717, 1.165) is 24.5 Å². The molecule has 0 amide bonds. The first-order valence-corrected chi connectivity index (χ1v) is 6.44. The molecular weight excluding hydrogens is 216 g/mol. The van der Waals surface area contributed by atoms with Gasteiger partial charge in [0.2, 0.25) is 0 Å². The molecule has 2 nitrogen and oxygen atoms in total. The van der Waals surface area contributed by atoms with Gasteiger partial charge in [-0.15, -0.1) is 11.3 Å². The lowest BCUT2D eigenvalue weighted by atomic mass is 10.2. The summed E-state index contributed by atoms with van der Waals surface area (Å²) in [6.45, 7) is 5.25. The summed E-state index contributed by atoms with van der Waals surface area (Å²) in [5.41, 5.74) is 2.36. The molecular formula is C13H16N2S. The number of nitrogens with zero attached hydrogens (tertiary/aromatic N) is 1. The van der Waals surface area contributed by atoms with E-state index in [0.29, 0.717) is 0 Å². The molecule has 0 aliphatic heterocycles. The summed E-state index contributed by atoms with van der Waals surface area (Å²) in [7, 11) is 0. The zero-order chi connectivity index (χ0) is 11.4. The van der Waals surface area contributed by atoms with Crippen LogP contribution >= 0.6 is 11.3 Å². The average molecular weight is 232 g/mol. The zero-order valence-corrected chi connectivity index (χ0v) is 10.5. The zero-order valence-electron chi connectivity index (χ0n) is 9.66. The van der Waals surface area contributed by atoms with E-state index in [1.807, 2.05) is 6.07 Å². The fourth-order valence-electron chi connectivity index (χ4n) is 1.55. The summed E-state index contributed by atoms with van der Waals surface area (Å²) < 4.78 is 0. The summed E-state index contributed by atoms with van der Waals surface area (Å²) in [5, 5.41) is 5.42. The molecule has 0 fully saturated rings. The number of hydrogen-bond acceptors (Lipinski definition) is 3. The highest BCUT2D eigenvalue weighted by molar-refractivity contribution is 7.13. The SMILES string of the molecule is CCCNc1cccc(-c2sccc2C)n1. The summed E-state index contributed by atoms with van der Waals surface area (Å²) in [5.74, 6) is 0.965. The third-order valence-corrected chi connectivity index (χ3v) is 3.44. The fraction of sp³-hybridized carbons (Fsp3) is 0.308. The molecule has 16 heavy (non-hydrogen) atoms. The first-order chi connectivity index (χ1) is 7.81. The molecule has 0 bridgehead atoms. The normalized spacial score (nSPS) is 10.4. The Kier molecular flexibility index (Phi) is 3.57. The van der Waals surface area contributed by atoms with Crippen LogP contribution in [-0.4, -0.2) is 11.5 Å². The van der Waals surface area contributed by atoms with Crippen LogP contribution in [0, 0.1) is 6.92 Å². The molecule has 0 saturated heterocycles. The van der Waals surface area contributed by atoms with Crippen LogP contribution in [-0.2, 0) is 0 Å². The number of aryl methyl sites for hydroxylation is 1. The van der Waals surface area contributed by atoms with E-state index in [-0.39, 0.29) is 0 Å². The van der Waals surface area contributed by atoms with Crippen LogP contribution < -0.4 is 5.32 Å². The number of thiophene rings is 1. The number of nitrogens with one attached hydrogen (secondary N) is 1. The van der Waals surface area contributed by atoms with Crippen molar-refractivity contribution in [2.45, 2.75) is 20.3 Å². The topological polar surface area (TPSA) is 24.9 Å². The number of aromatic nitrogens is 1. The smallest absolute Gasteiger partial charge is 0.126 e. The monoisotopic (exact) mass is 232 g/mol. The lowest BCUT2D eigenvalue weighted by molar-refractivity contribution is 0.970. The molecule has 2 aromatic heterocycles. The fourth-order valence-corrected chi connectivity index (χ4v) is 2.44. The molecule has 3 heteroatoms. The quantitative estimate of drug-likeness (QED) is 0.863. The van der Waals surface area contributed by atoms with Gasteiger partial charge < -0.3 is 5.32 Å². The summed E-state index contributed by atoms with van der Waals surface area (Å²) in [4.78, 5) is 5.88. The van der Waals surface area contributed by atoms with Crippen LogP contribution in [0.15, 0.2) is 29.6 Å². The first-order valence-electron chi connectivity index (χ1n) is 5.56. The van der Waals surface area contributed by atoms with Gasteiger partial charge in [-0.2, -0.15) is 0 Å². The molecule has 84 valence electrons. The van der Waals surface area contributed by atoms with E-state index in [2.05, 4.69) is 47.7 Å². The molecule has 0 unspecified atom stereocenters. The van der Waals surface area contributed by atoms with Gasteiger partial charge in [0.05, 0.1) is 10.6 Å². The molecule has 0 saturated carbocycles. The summed E-state index contributed by atoms with van der Waals surface area (Å²) in [6, 6.07) is 8.27. The van der Waals surface area contributed by atoms with Gasteiger partial charge in [0.1, 0.15) is 5.82 Å². The van der Waals surface area contributed by atoms with E-state index < -0.39 is 0 Å². The summed E-state index contributed by atoms with van der Waals surface area (Å²) >= 11 is 1.74. The lowest BCUT2D eigenvalue weighted by Gasteiger charge is -2.05. The Morgan fingerprint density at radius 2 is 2.19 bits per heavy atom. The molecule has 0 aromatic carbocycles. The molecule has 0 spiro atoms. The van der Waals surface area contributed by atoms with E-state index in [1.165, 1.54) is 10.4 Å². The Morgan fingerprint density at radius 1 is 1.31 bits per heavy atom. The van der Waals surface area contributed by atoms with Crippen molar-refractivity contribution in [3.8, 4) is 10.6 Å².